The highest BCUT2D eigenvalue weighted by atomic mass is 35.5. The van der Waals surface area contributed by atoms with Gasteiger partial charge in [-0.25, -0.2) is 0 Å². The standard InChI is InChI=1S/C13H18ClNO3/c1-3-10(8-16)15-13(17)9(2)18-12-7-5-4-6-11(12)14/h4-7,9-10,16H,3,8H2,1-2H3,(H,15,17)/t9?,10-/m0/s1. The zero-order valence-electron chi connectivity index (χ0n) is 10.5. The highest BCUT2D eigenvalue weighted by Crippen LogP contribution is 2.24. The van der Waals surface area contributed by atoms with Gasteiger partial charge in [0.2, 0.25) is 0 Å². The largest absolute Gasteiger partial charge is 0.479 e. The quantitative estimate of drug-likeness (QED) is 0.832. The number of amides is 1. The normalized spacial score (nSPS) is 13.8. The highest BCUT2D eigenvalue weighted by Gasteiger charge is 2.18. The lowest BCUT2D eigenvalue weighted by molar-refractivity contribution is -0.128. The van der Waals surface area contributed by atoms with Crippen LogP contribution in [0.2, 0.25) is 5.02 Å². The Morgan fingerprint density at radius 2 is 2.17 bits per heavy atom. The van der Waals surface area contributed by atoms with Crippen molar-refractivity contribution in [2.75, 3.05) is 6.61 Å². The van der Waals surface area contributed by atoms with Crippen molar-refractivity contribution in [1.82, 2.24) is 5.32 Å². The number of hydrogen-bond acceptors (Lipinski definition) is 3. The van der Waals surface area contributed by atoms with Gasteiger partial charge in [0.15, 0.2) is 6.10 Å². The number of carbonyl (C=O) groups excluding carboxylic acids is 1. The predicted octanol–water partition coefficient (Wildman–Crippen LogP) is 1.99. The Balaban J connectivity index is 2.57. The summed E-state index contributed by atoms with van der Waals surface area (Å²) in [4.78, 5) is 11.8. The Morgan fingerprint density at radius 3 is 2.72 bits per heavy atom. The van der Waals surface area contributed by atoms with E-state index in [0.717, 1.165) is 0 Å². The van der Waals surface area contributed by atoms with Crippen LogP contribution in [-0.4, -0.2) is 29.8 Å². The summed E-state index contributed by atoms with van der Waals surface area (Å²) < 4.78 is 5.47. The minimum absolute atomic E-state index is 0.0823. The first-order chi connectivity index (χ1) is 8.58. The van der Waals surface area contributed by atoms with Crippen LogP contribution in [0.1, 0.15) is 20.3 Å². The smallest absolute Gasteiger partial charge is 0.261 e. The van der Waals surface area contributed by atoms with Crippen LogP contribution in [0, 0.1) is 0 Å². The Kier molecular flexibility index (Phi) is 5.95. The number of hydrogen-bond donors (Lipinski definition) is 2. The van der Waals surface area contributed by atoms with E-state index in [1.807, 2.05) is 6.92 Å². The van der Waals surface area contributed by atoms with Crippen LogP contribution < -0.4 is 10.1 Å². The summed E-state index contributed by atoms with van der Waals surface area (Å²) in [5.41, 5.74) is 0. The van der Waals surface area contributed by atoms with E-state index in [1.54, 1.807) is 31.2 Å². The molecular formula is C13H18ClNO3. The third-order valence-electron chi connectivity index (χ3n) is 2.57. The van der Waals surface area contributed by atoms with Gasteiger partial charge in [-0.3, -0.25) is 4.79 Å². The van der Waals surface area contributed by atoms with Crippen molar-refractivity contribution in [1.29, 1.82) is 0 Å². The molecule has 1 rings (SSSR count). The maximum Gasteiger partial charge on any atom is 0.261 e. The fraction of sp³-hybridized carbons (Fsp3) is 0.462. The maximum absolute atomic E-state index is 11.8. The molecule has 0 aliphatic carbocycles. The van der Waals surface area contributed by atoms with Crippen LogP contribution in [-0.2, 0) is 4.79 Å². The number of ether oxygens (including phenoxy) is 1. The van der Waals surface area contributed by atoms with Crippen LogP contribution in [0.4, 0.5) is 0 Å². The minimum atomic E-state index is -0.662. The Morgan fingerprint density at radius 1 is 1.50 bits per heavy atom. The summed E-state index contributed by atoms with van der Waals surface area (Å²) in [7, 11) is 0. The van der Waals surface area contributed by atoms with Crippen molar-refractivity contribution in [3.63, 3.8) is 0 Å². The second-order valence-electron chi connectivity index (χ2n) is 3.99. The molecule has 2 atom stereocenters. The number of halogens is 1. The molecule has 2 N–H and O–H groups in total. The van der Waals surface area contributed by atoms with E-state index >= 15 is 0 Å². The van der Waals surface area contributed by atoms with Gasteiger partial charge in [-0.1, -0.05) is 30.7 Å². The molecule has 0 heterocycles. The fourth-order valence-electron chi connectivity index (χ4n) is 1.38. The Labute approximate surface area is 112 Å². The van der Waals surface area contributed by atoms with E-state index in [0.29, 0.717) is 17.2 Å². The van der Waals surface area contributed by atoms with Gasteiger partial charge in [-0.2, -0.15) is 0 Å². The van der Waals surface area contributed by atoms with Gasteiger partial charge in [-0.05, 0) is 25.5 Å². The summed E-state index contributed by atoms with van der Waals surface area (Å²) in [5, 5.41) is 12.2. The lowest BCUT2D eigenvalue weighted by Gasteiger charge is -2.19. The molecule has 0 aromatic heterocycles. The third kappa shape index (κ3) is 4.20. The van der Waals surface area contributed by atoms with Crippen molar-refractivity contribution < 1.29 is 14.6 Å². The SMILES string of the molecule is CC[C@@H](CO)NC(=O)C(C)Oc1ccccc1Cl. The van der Waals surface area contributed by atoms with E-state index in [1.165, 1.54) is 0 Å². The van der Waals surface area contributed by atoms with Crippen LogP contribution in [0.5, 0.6) is 5.75 Å². The fourth-order valence-corrected chi connectivity index (χ4v) is 1.56. The topological polar surface area (TPSA) is 58.6 Å². The van der Waals surface area contributed by atoms with Gasteiger partial charge in [0, 0.05) is 0 Å². The van der Waals surface area contributed by atoms with Gasteiger partial charge >= 0.3 is 0 Å². The lowest BCUT2D eigenvalue weighted by atomic mass is 10.2. The first-order valence-electron chi connectivity index (χ1n) is 5.90. The van der Waals surface area contributed by atoms with Gasteiger partial charge in [-0.15, -0.1) is 0 Å². The molecule has 1 amide bonds. The van der Waals surface area contributed by atoms with Crippen molar-refractivity contribution in [2.24, 2.45) is 0 Å². The molecule has 0 saturated carbocycles. The summed E-state index contributed by atoms with van der Waals surface area (Å²) in [6.45, 7) is 3.45. The van der Waals surface area contributed by atoms with E-state index in [-0.39, 0.29) is 18.6 Å². The second-order valence-corrected chi connectivity index (χ2v) is 4.39. The minimum Gasteiger partial charge on any atom is -0.479 e. The predicted molar refractivity (Wildman–Crippen MR) is 70.8 cm³/mol. The molecule has 100 valence electrons. The average molecular weight is 272 g/mol. The molecule has 0 radical (unpaired) electrons. The third-order valence-corrected chi connectivity index (χ3v) is 2.88. The maximum atomic E-state index is 11.8. The lowest BCUT2D eigenvalue weighted by Crippen LogP contribution is -2.43. The van der Waals surface area contributed by atoms with Crippen molar-refractivity contribution >= 4 is 17.5 Å². The van der Waals surface area contributed by atoms with Gasteiger partial charge in [0.1, 0.15) is 5.75 Å². The molecule has 18 heavy (non-hydrogen) atoms. The van der Waals surface area contributed by atoms with Crippen LogP contribution in [0.15, 0.2) is 24.3 Å². The Bertz CT molecular complexity index is 394. The molecule has 5 heteroatoms. The molecule has 4 nitrogen and oxygen atoms in total. The number of carbonyl (C=O) groups is 1. The van der Waals surface area contributed by atoms with Gasteiger partial charge in [0.25, 0.3) is 5.91 Å². The van der Waals surface area contributed by atoms with Crippen LogP contribution >= 0.6 is 11.6 Å². The van der Waals surface area contributed by atoms with E-state index < -0.39 is 6.10 Å². The molecule has 0 bridgehead atoms. The zero-order chi connectivity index (χ0) is 13.5. The van der Waals surface area contributed by atoms with Gasteiger partial charge in [0.05, 0.1) is 17.7 Å². The number of aliphatic hydroxyl groups is 1. The molecular weight excluding hydrogens is 254 g/mol. The number of nitrogens with one attached hydrogen (secondary N) is 1. The van der Waals surface area contributed by atoms with E-state index in [2.05, 4.69) is 5.32 Å². The molecule has 1 unspecified atom stereocenters. The monoisotopic (exact) mass is 271 g/mol. The zero-order valence-corrected chi connectivity index (χ0v) is 11.3. The molecule has 1 aromatic rings. The molecule has 0 fully saturated rings. The number of benzene rings is 1. The van der Waals surface area contributed by atoms with Crippen molar-refractivity contribution in [3.05, 3.63) is 29.3 Å². The van der Waals surface area contributed by atoms with E-state index in [4.69, 9.17) is 21.4 Å². The Hall–Kier alpha value is -1.26. The first-order valence-corrected chi connectivity index (χ1v) is 6.28. The van der Waals surface area contributed by atoms with Crippen LogP contribution in [0.25, 0.3) is 0 Å². The molecule has 0 aliphatic rings. The number of para-hydroxylation sites is 1. The molecule has 0 spiro atoms. The molecule has 1 aromatic carbocycles. The van der Waals surface area contributed by atoms with Gasteiger partial charge < -0.3 is 15.2 Å². The summed E-state index contributed by atoms with van der Waals surface area (Å²) in [6, 6.07) is 6.74. The summed E-state index contributed by atoms with van der Waals surface area (Å²) in [6.07, 6.45) is 0.00614. The highest BCUT2D eigenvalue weighted by molar-refractivity contribution is 6.32. The summed E-state index contributed by atoms with van der Waals surface area (Å²) in [5.74, 6) is 0.203. The number of aliphatic hydroxyl groups excluding tert-OH is 1. The molecule has 0 aliphatic heterocycles. The van der Waals surface area contributed by atoms with Crippen LogP contribution in [0.3, 0.4) is 0 Å². The molecule has 0 saturated heterocycles. The number of rotatable bonds is 6. The summed E-state index contributed by atoms with van der Waals surface area (Å²) >= 11 is 5.94. The first kappa shape index (κ1) is 14.8. The average Bonchev–Trinajstić information content (AvgIpc) is 2.38. The van der Waals surface area contributed by atoms with E-state index in [9.17, 15) is 4.79 Å². The second kappa shape index (κ2) is 7.24. The van der Waals surface area contributed by atoms with Crippen molar-refractivity contribution in [2.45, 2.75) is 32.4 Å². The van der Waals surface area contributed by atoms with Crippen molar-refractivity contribution in [3.8, 4) is 5.75 Å².